The van der Waals surface area contributed by atoms with E-state index >= 15 is 0 Å². The summed E-state index contributed by atoms with van der Waals surface area (Å²) < 4.78 is 4.60. The van der Waals surface area contributed by atoms with Gasteiger partial charge in [0.05, 0.1) is 7.11 Å². The van der Waals surface area contributed by atoms with Gasteiger partial charge in [-0.1, -0.05) is 13.8 Å². The normalized spacial score (nSPS) is 10.4. The Balaban J connectivity index is 3.13. The number of carbonyl (C=O) groups is 1. The second-order valence-electron chi connectivity index (χ2n) is 3.37. The Hall–Kier alpha value is -1.45. The summed E-state index contributed by atoms with van der Waals surface area (Å²) in [6, 6.07) is 1.67. The van der Waals surface area contributed by atoms with Gasteiger partial charge in [-0.05, 0) is 18.9 Å². The summed E-state index contributed by atoms with van der Waals surface area (Å²) in [5, 5.41) is 0. The van der Waals surface area contributed by atoms with Crippen LogP contribution in [-0.4, -0.2) is 23.0 Å². The average Bonchev–Trinajstić information content (AvgIpc) is 2.15. The van der Waals surface area contributed by atoms with Crippen LogP contribution < -0.4 is 0 Å². The number of methoxy groups -OCH3 is 1. The number of esters is 1. The lowest BCUT2D eigenvalue weighted by molar-refractivity contribution is 0.0593. The van der Waals surface area contributed by atoms with Crippen LogP contribution in [0.15, 0.2) is 6.07 Å². The van der Waals surface area contributed by atoms with Crippen LogP contribution in [0.25, 0.3) is 0 Å². The van der Waals surface area contributed by atoms with E-state index in [9.17, 15) is 4.79 Å². The average molecular weight is 194 g/mol. The molecule has 0 saturated carbocycles. The van der Waals surface area contributed by atoms with E-state index in [2.05, 4.69) is 14.7 Å². The van der Waals surface area contributed by atoms with Crippen molar-refractivity contribution in [3.05, 3.63) is 23.3 Å². The smallest absolute Gasteiger partial charge is 0.356 e. The van der Waals surface area contributed by atoms with Gasteiger partial charge in [0.1, 0.15) is 5.82 Å². The fourth-order valence-electron chi connectivity index (χ4n) is 1.10. The molecular weight excluding hydrogens is 180 g/mol. The Bertz CT molecular complexity index is 348. The molecule has 76 valence electrons. The lowest BCUT2D eigenvalue weighted by Crippen LogP contribution is -2.08. The first-order valence-corrected chi connectivity index (χ1v) is 4.48. The van der Waals surface area contributed by atoms with Gasteiger partial charge in [0.25, 0.3) is 0 Å². The van der Waals surface area contributed by atoms with Gasteiger partial charge in [-0.2, -0.15) is 0 Å². The molecule has 0 radical (unpaired) electrons. The third kappa shape index (κ3) is 2.28. The second-order valence-corrected chi connectivity index (χ2v) is 3.37. The SMILES string of the molecule is COC(=O)c1cc(C(C)C)nc(C)n1. The minimum atomic E-state index is -0.419. The van der Waals surface area contributed by atoms with Crippen LogP contribution in [0.2, 0.25) is 0 Å². The van der Waals surface area contributed by atoms with Crippen LogP contribution in [0.4, 0.5) is 0 Å². The minimum Gasteiger partial charge on any atom is -0.464 e. The molecular formula is C10H14N2O2. The predicted octanol–water partition coefficient (Wildman–Crippen LogP) is 1.70. The quantitative estimate of drug-likeness (QED) is 0.672. The van der Waals surface area contributed by atoms with Crippen molar-refractivity contribution in [3.8, 4) is 0 Å². The number of nitrogens with zero attached hydrogens (tertiary/aromatic N) is 2. The van der Waals surface area contributed by atoms with Crippen LogP contribution in [0.3, 0.4) is 0 Å². The van der Waals surface area contributed by atoms with Crippen molar-refractivity contribution in [2.45, 2.75) is 26.7 Å². The molecule has 0 N–H and O–H groups in total. The third-order valence-corrected chi connectivity index (χ3v) is 1.84. The summed E-state index contributed by atoms with van der Waals surface area (Å²) in [7, 11) is 1.34. The number of carbonyl (C=O) groups excluding carboxylic acids is 1. The molecule has 0 saturated heterocycles. The van der Waals surface area contributed by atoms with Gasteiger partial charge >= 0.3 is 5.97 Å². The maximum absolute atomic E-state index is 11.2. The van der Waals surface area contributed by atoms with Crippen LogP contribution in [0.5, 0.6) is 0 Å². The molecule has 1 heterocycles. The third-order valence-electron chi connectivity index (χ3n) is 1.84. The summed E-state index contributed by atoms with van der Waals surface area (Å²) in [5.41, 5.74) is 1.18. The highest BCUT2D eigenvalue weighted by Gasteiger charge is 2.11. The maximum atomic E-state index is 11.2. The number of aryl methyl sites for hydroxylation is 1. The van der Waals surface area contributed by atoms with Crippen molar-refractivity contribution in [1.29, 1.82) is 0 Å². The molecule has 0 atom stereocenters. The molecule has 4 nitrogen and oxygen atoms in total. The summed E-state index contributed by atoms with van der Waals surface area (Å²) in [6.07, 6.45) is 0. The number of rotatable bonds is 2. The van der Waals surface area contributed by atoms with Gasteiger partial charge in [-0.25, -0.2) is 14.8 Å². The van der Waals surface area contributed by atoms with Crippen molar-refractivity contribution in [1.82, 2.24) is 9.97 Å². The first-order chi connectivity index (χ1) is 6.54. The van der Waals surface area contributed by atoms with Gasteiger partial charge in [-0.15, -0.1) is 0 Å². The van der Waals surface area contributed by atoms with E-state index in [0.29, 0.717) is 11.5 Å². The predicted molar refractivity (Wildman–Crippen MR) is 52.2 cm³/mol. The monoisotopic (exact) mass is 194 g/mol. The second kappa shape index (κ2) is 4.17. The molecule has 4 heteroatoms. The van der Waals surface area contributed by atoms with Gasteiger partial charge in [0, 0.05) is 5.69 Å². The molecule has 14 heavy (non-hydrogen) atoms. The molecule has 0 fully saturated rings. The van der Waals surface area contributed by atoms with E-state index in [0.717, 1.165) is 5.69 Å². The van der Waals surface area contributed by atoms with Crippen molar-refractivity contribution in [2.24, 2.45) is 0 Å². The highest BCUT2D eigenvalue weighted by Crippen LogP contribution is 2.12. The number of aromatic nitrogens is 2. The molecule has 0 unspecified atom stereocenters. The summed E-state index contributed by atoms with van der Waals surface area (Å²) in [6.45, 7) is 5.80. The van der Waals surface area contributed by atoms with Gasteiger partial charge in [-0.3, -0.25) is 0 Å². The van der Waals surface area contributed by atoms with Crippen LogP contribution >= 0.6 is 0 Å². The molecule has 0 aliphatic carbocycles. The zero-order chi connectivity index (χ0) is 10.7. The molecule has 1 aromatic heterocycles. The summed E-state index contributed by atoms with van der Waals surface area (Å²) in [5.74, 6) is 0.453. The summed E-state index contributed by atoms with van der Waals surface area (Å²) in [4.78, 5) is 19.5. The minimum absolute atomic E-state index is 0.278. The van der Waals surface area contributed by atoms with E-state index in [1.54, 1.807) is 13.0 Å². The Morgan fingerprint density at radius 3 is 2.57 bits per heavy atom. The fraction of sp³-hybridized carbons (Fsp3) is 0.500. The Kier molecular flexibility index (Phi) is 3.17. The maximum Gasteiger partial charge on any atom is 0.356 e. The topological polar surface area (TPSA) is 52.1 Å². The molecule has 1 rings (SSSR count). The van der Waals surface area contributed by atoms with Crippen molar-refractivity contribution in [3.63, 3.8) is 0 Å². The first-order valence-electron chi connectivity index (χ1n) is 4.48. The lowest BCUT2D eigenvalue weighted by atomic mass is 10.1. The number of hydrogen-bond acceptors (Lipinski definition) is 4. The van der Waals surface area contributed by atoms with Crippen molar-refractivity contribution in [2.75, 3.05) is 7.11 Å². The highest BCUT2D eigenvalue weighted by atomic mass is 16.5. The van der Waals surface area contributed by atoms with E-state index in [1.165, 1.54) is 7.11 Å². The van der Waals surface area contributed by atoms with Gasteiger partial charge < -0.3 is 4.74 Å². The van der Waals surface area contributed by atoms with Crippen molar-refractivity contribution < 1.29 is 9.53 Å². The molecule has 0 aromatic carbocycles. The van der Waals surface area contributed by atoms with E-state index in [1.807, 2.05) is 13.8 Å². The molecule has 0 aliphatic rings. The largest absolute Gasteiger partial charge is 0.464 e. The molecule has 1 aromatic rings. The number of hydrogen-bond donors (Lipinski definition) is 0. The van der Waals surface area contributed by atoms with E-state index < -0.39 is 5.97 Å². The zero-order valence-corrected chi connectivity index (χ0v) is 8.87. The molecule has 0 bridgehead atoms. The Morgan fingerprint density at radius 1 is 1.43 bits per heavy atom. The number of ether oxygens (including phenoxy) is 1. The lowest BCUT2D eigenvalue weighted by Gasteiger charge is -2.06. The molecule has 0 spiro atoms. The Morgan fingerprint density at radius 2 is 2.07 bits per heavy atom. The standard InChI is InChI=1S/C10H14N2O2/c1-6(2)8-5-9(10(13)14-4)12-7(3)11-8/h5-6H,1-4H3. The van der Waals surface area contributed by atoms with Crippen LogP contribution in [-0.2, 0) is 4.74 Å². The van der Waals surface area contributed by atoms with Crippen molar-refractivity contribution >= 4 is 5.97 Å². The fourth-order valence-corrected chi connectivity index (χ4v) is 1.10. The Labute approximate surface area is 83.3 Å². The van der Waals surface area contributed by atoms with Gasteiger partial charge in [0.2, 0.25) is 0 Å². The van der Waals surface area contributed by atoms with Crippen LogP contribution in [0.1, 0.15) is 41.8 Å². The van der Waals surface area contributed by atoms with E-state index in [-0.39, 0.29) is 5.92 Å². The highest BCUT2D eigenvalue weighted by molar-refractivity contribution is 5.87. The van der Waals surface area contributed by atoms with E-state index in [4.69, 9.17) is 0 Å². The molecule has 0 aliphatic heterocycles. The van der Waals surface area contributed by atoms with Crippen LogP contribution in [0, 0.1) is 6.92 Å². The molecule has 0 amide bonds. The van der Waals surface area contributed by atoms with Gasteiger partial charge in [0.15, 0.2) is 5.69 Å². The summed E-state index contributed by atoms with van der Waals surface area (Å²) >= 11 is 0. The first kappa shape index (κ1) is 10.6. The zero-order valence-electron chi connectivity index (χ0n) is 8.87.